The molecule has 1 aromatic heterocycles. The lowest BCUT2D eigenvalue weighted by atomic mass is 10.1. The third-order valence-electron chi connectivity index (χ3n) is 2.49. The molecule has 0 aliphatic rings. The smallest absolute Gasteiger partial charge is 0.159 e. The van der Waals surface area contributed by atoms with E-state index in [0.29, 0.717) is 6.54 Å². The molecular formula is C12H9N4. The van der Waals surface area contributed by atoms with Gasteiger partial charge in [-0.3, -0.25) is 0 Å². The summed E-state index contributed by atoms with van der Waals surface area (Å²) in [5, 5.41) is 13.7. The van der Waals surface area contributed by atoms with Gasteiger partial charge in [0.1, 0.15) is 0 Å². The van der Waals surface area contributed by atoms with Crippen LogP contribution in [0.15, 0.2) is 42.5 Å². The third-order valence-corrected chi connectivity index (χ3v) is 2.49. The molecule has 0 atom stereocenters. The van der Waals surface area contributed by atoms with Crippen LogP contribution in [0.3, 0.4) is 0 Å². The Balaban J connectivity index is 1.99. The first-order chi connectivity index (χ1) is 7.92. The Hall–Kier alpha value is -2.23. The van der Waals surface area contributed by atoms with Gasteiger partial charge in [-0.2, -0.15) is 4.80 Å². The van der Waals surface area contributed by atoms with Crippen molar-refractivity contribution in [2.75, 3.05) is 0 Å². The molecule has 16 heavy (non-hydrogen) atoms. The Bertz CT molecular complexity index is 601. The normalized spacial score (nSPS) is 10.8. The maximum absolute atomic E-state index is 3.86. The van der Waals surface area contributed by atoms with Crippen LogP contribution in [0.25, 0.3) is 10.8 Å². The molecule has 0 N–H and O–H groups in total. The molecule has 0 amide bonds. The van der Waals surface area contributed by atoms with Crippen molar-refractivity contribution in [2.24, 2.45) is 0 Å². The molecule has 1 radical (unpaired) electrons. The molecule has 4 heteroatoms. The summed E-state index contributed by atoms with van der Waals surface area (Å²) in [5.74, 6) is 0. The van der Waals surface area contributed by atoms with E-state index in [1.54, 1.807) is 0 Å². The molecule has 0 aliphatic carbocycles. The number of tetrazole rings is 1. The fraction of sp³-hybridized carbons (Fsp3) is 0.0833. The number of hydrogen-bond donors (Lipinski definition) is 0. The van der Waals surface area contributed by atoms with Crippen LogP contribution < -0.4 is 0 Å². The molecule has 3 rings (SSSR count). The Morgan fingerprint density at radius 3 is 2.75 bits per heavy atom. The first kappa shape index (κ1) is 9.03. The largest absolute Gasteiger partial charge is 0.245 e. The zero-order valence-corrected chi connectivity index (χ0v) is 8.54. The number of hydrogen-bond acceptors (Lipinski definition) is 3. The molecule has 77 valence electrons. The highest BCUT2D eigenvalue weighted by Crippen LogP contribution is 2.15. The molecular weight excluding hydrogens is 200 g/mol. The van der Waals surface area contributed by atoms with E-state index in [9.17, 15) is 0 Å². The van der Waals surface area contributed by atoms with E-state index >= 15 is 0 Å². The number of aromatic nitrogens is 4. The van der Waals surface area contributed by atoms with Gasteiger partial charge in [0.2, 0.25) is 6.33 Å². The molecule has 1 heterocycles. The van der Waals surface area contributed by atoms with Crippen molar-refractivity contribution in [3.05, 3.63) is 54.4 Å². The molecule has 0 aliphatic heterocycles. The number of rotatable bonds is 2. The maximum atomic E-state index is 3.86. The molecule has 0 bridgehead atoms. The fourth-order valence-electron chi connectivity index (χ4n) is 1.73. The SMILES string of the molecule is [c]1nnn(Cc2ccc3ccccc3c2)n1. The summed E-state index contributed by atoms with van der Waals surface area (Å²) in [5.41, 5.74) is 1.16. The zero-order chi connectivity index (χ0) is 10.8. The average Bonchev–Trinajstić information content (AvgIpc) is 2.82. The summed E-state index contributed by atoms with van der Waals surface area (Å²) in [6.45, 7) is 0.626. The van der Waals surface area contributed by atoms with Gasteiger partial charge in [0.25, 0.3) is 0 Å². The minimum absolute atomic E-state index is 0.626. The Labute approximate surface area is 92.5 Å². The maximum Gasteiger partial charge on any atom is 0.245 e. The lowest BCUT2D eigenvalue weighted by Crippen LogP contribution is -2.03. The second-order valence-electron chi connectivity index (χ2n) is 3.60. The predicted octanol–water partition coefficient (Wildman–Crippen LogP) is 1.67. The van der Waals surface area contributed by atoms with Gasteiger partial charge in [-0.05, 0) is 27.6 Å². The van der Waals surface area contributed by atoms with Gasteiger partial charge in [0.05, 0.1) is 6.54 Å². The van der Waals surface area contributed by atoms with Crippen LogP contribution in [-0.4, -0.2) is 20.2 Å². The highest BCUT2D eigenvalue weighted by Gasteiger charge is 1.98. The minimum Gasteiger partial charge on any atom is -0.159 e. The first-order valence-corrected chi connectivity index (χ1v) is 5.03. The molecule has 4 nitrogen and oxygen atoms in total. The molecule has 0 saturated heterocycles. The third kappa shape index (κ3) is 1.65. The van der Waals surface area contributed by atoms with Gasteiger partial charge in [-0.1, -0.05) is 36.4 Å². The monoisotopic (exact) mass is 209 g/mol. The van der Waals surface area contributed by atoms with Crippen molar-refractivity contribution in [3.63, 3.8) is 0 Å². The lowest BCUT2D eigenvalue weighted by molar-refractivity contribution is 0.572. The summed E-state index contributed by atoms with van der Waals surface area (Å²) in [7, 11) is 0. The quantitative estimate of drug-likeness (QED) is 0.645. The van der Waals surface area contributed by atoms with Gasteiger partial charge in [-0.25, -0.2) is 0 Å². The van der Waals surface area contributed by atoms with Crippen LogP contribution in [-0.2, 0) is 6.54 Å². The lowest BCUT2D eigenvalue weighted by Gasteiger charge is -2.02. The summed E-state index contributed by atoms with van der Waals surface area (Å²) in [6.07, 6.45) is 2.44. The summed E-state index contributed by atoms with van der Waals surface area (Å²) in [4.78, 5) is 1.52. The van der Waals surface area contributed by atoms with E-state index in [2.05, 4.69) is 52.1 Å². The van der Waals surface area contributed by atoms with Crippen LogP contribution >= 0.6 is 0 Å². The van der Waals surface area contributed by atoms with E-state index < -0.39 is 0 Å². The molecule has 0 fully saturated rings. The van der Waals surface area contributed by atoms with Crippen molar-refractivity contribution >= 4 is 10.8 Å². The second-order valence-corrected chi connectivity index (χ2v) is 3.60. The fourth-order valence-corrected chi connectivity index (χ4v) is 1.73. The van der Waals surface area contributed by atoms with E-state index in [-0.39, 0.29) is 0 Å². The highest BCUT2D eigenvalue weighted by atomic mass is 15.6. The van der Waals surface area contributed by atoms with Crippen molar-refractivity contribution in [3.8, 4) is 0 Å². The molecule has 0 spiro atoms. The van der Waals surface area contributed by atoms with Crippen LogP contribution in [0.5, 0.6) is 0 Å². The predicted molar refractivity (Wildman–Crippen MR) is 59.7 cm³/mol. The van der Waals surface area contributed by atoms with Crippen molar-refractivity contribution in [2.45, 2.75) is 6.54 Å². The van der Waals surface area contributed by atoms with E-state index in [0.717, 1.165) is 5.56 Å². The highest BCUT2D eigenvalue weighted by molar-refractivity contribution is 5.82. The van der Waals surface area contributed by atoms with Gasteiger partial charge in [-0.15, -0.1) is 10.2 Å². The summed E-state index contributed by atoms with van der Waals surface area (Å²) >= 11 is 0. The van der Waals surface area contributed by atoms with Gasteiger partial charge in [0, 0.05) is 0 Å². The first-order valence-electron chi connectivity index (χ1n) is 5.03. The number of nitrogens with zero attached hydrogens (tertiary/aromatic N) is 4. The van der Waals surface area contributed by atoms with Crippen molar-refractivity contribution in [1.29, 1.82) is 0 Å². The Morgan fingerprint density at radius 2 is 1.94 bits per heavy atom. The summed E-state index contributed by atoms with van der Waals surface area (Å²) in [6, 6.07) is 14.6. The van der Waals surface area contributed by atoms with Crippen LogP contribution in [0, 0.1) is 6.33 Å². The van der Waals surface area contributed by atoms with E-state index in [4.69, 9.17) is 0 Å². The van der Waals surface area contributed by atoms with Crippen molar-refractivity contribution in [1.82, 2.24) is 20.2 Å². The standard InChI is InChI=1S/C12H9N4/c1-2-4-12-7-10(5-6-11(12)3-1)8-16-14-9-13-15-16/h1-7H,8H2. The molecule has 0 saturated carbocycles. The minimum atomic E-state index is 0.626. The average molecular weight is 209 g/mol. The number of benzene rings is 2. The molecule has 2 aromatic carbocycles. The van der Waals surface area contributed by atoms with Crippen LogP contribution in [0.4, 0.5) is 0 Å². The number of fused-ring (bicyclic) bond motifs is 1. The molecule has 3 aromatic rings. The van der Waals surface area contributed by atoms with E-state index in [1.807, 2.05) is 12.1 Å². The van der Waals surface area contributed by atoms with Crippen LogP contribution in [0.2, 0.25) is 0 Å². The van der Waals surface area contributed by atoms with E-state index in [1.165, 1.54) is 15.6 Å². The van der Waals surface area contributed by atoms with Gasteiger partial charge in [0.15, 0.2) is 0 Å². The Morgan fingerprint density at radius 1 is 1.06 bits per heavy atom. The zero-order valence-electron chi connectivity index (χ0n) is 8.54. The van der Waals surface area contributed by atoms with Crippen molar-refractivity contribution < 1.29 is 0 Å². The Kier molecular flexibility index (Phi) is 2.11. The second kappa shape index (κ2) is 3.73. The van der Waals surface area contributed by atoms with Crippen LogP contribution in [0.1, 0.15) is 5.56 Å². The summed E-state index contributed by atoms with van der Waals surface area (Å²) < 4.78 is 0. The van der Waals surface area contributed by atoms with Gasteiger partial charge >= 0.3 is 0 Å². The molecule has 0 unspecified atom stereocenters. The topological polar surface area (TPSA) is 43.6 Å². The van der Waals surface area contributed by atoms with Gasteiger partial charge < -0.3 is 0 Å².